The van der Waals surface area contributed by atoms with Gasteiger partial charge in [0.05, 0.1) is 11.0 Å². The van der Waals surface area contributed by atoms with E-state index in [9.17, 15) is 8.42 Å². The number of rotatable bonds is 6. The summed E-state index contributed by atoms with van der Waals surface area (Å²) in [4.78, 5) is 0. The van der Waals surface area contributed by atoms with Crippen molar-refractivity contribution in [1.29, 1.82) is 0 Å². The van der Waals surface area contributed by atoms with Gasteiger partial charge in [-0.05, 0) is 37.8 Å². The largest absolute Gasteiger partial charge is 0.229 e. The van der Waals surface area contributed by atoms with Crippen LogP contribution in [0.2, 0.25) is 5.02 Å². The maximum absolute atomic E-state index is 11.8. The van der Waals surface area contributed by atoms with Crippen LogP contribution in [0.4, 0.5) is 0 Å². The molecule has 0 amide bonds. The third-order valence-electron chi connectivity index (χ3n) is 3.00. The summed E-state index contributed by atoms with van der Waals surface area (Å²) in [5.41, 5.74) is 0.924. The van der Waals surface area contributed by atoms with Crippen molar-refractivity contribution in [2.24, 2.45) is 0 Å². The lowest BCUT2D eigenvalue weighted by atomic mass is 9.98. The van der Waals surface area contributed by atoms with E-state index in [4.69, 9.17) is 23.2 Å². The first-order chi connectivity index (χ1) is 8.38. The first kappa shape index (κ1) is 15.8. The monoisotopic (exact) mass is 308 g/mol. The summed E-state index contributed by atoms with van der Waals surface area (Å²) in [6, 6.07) is 7.43. The zero-order chi connectivity index (χ0) is 13.8. The van der Waals surface area contributed by atoms with Gasteiger partial charge < -0.3 is 0 Å². The van der Waals surface area contributed by atoms with Crippen molar-refractivity contribution >= 4 is 33.0 Å². The zero-order valence-corrected chi connectivity index (χ0v) is 12.9. The summed E-state index contributed by atoms with van der Waals surface area (Å²) < 4.78 is 23.6. The molecule has 0 heterocycles. The molecule has 102 valence electrons. The van der Waals surface area contributed by atoms with E-state index >= 15 is 0 Å². The number of alkyl halides is 1. The minimum absolute atomic E-state index is 0.0195. The van der Waals surface area contributed by atoms with E-state index in [1.807, 2.05) is 18.2 Å². The third-order valence-corrected chi connectivity index (χ3v) is 5.96. The Labute approximate surface area is 119 Å². The van der Waals surface area contributed by atoms with Crippen LogP contribution in [0, 0.1) is 0 Å². The topological polar surface area (TPSA) is 34.1 Å². The molecule has 0 bridgehead atoms. The van der Waals surface area contributed by atoms with Gasteiger partial charge in [-0.15, -0.1) is 11.6 Å². The van der Waals surface area contributed by atoms with Gasteiger partial charge in [-0.2, -0.15) is 0 Å². The van der Waals surface area contributed by atoms with Crippen molar-refractivity contribution in [2.75, 3.05) is 11.6 Å². The lowest BCUT2D eigenvalue weighted by molar-refractivity contribution is 0.580. The average Bonchev–Trinajstić information content (AvgIpc) is 2.31. The van der Waals surface area contributed by atoms with E-state index in [2.05, 4.69) is 0 Å². The predicted molar refractivity (Wildman–Crippen MR) is 78.5 cm³/mol. The van der Waals surface area contributed by atoms with E-state index in [0.717, 1.165) is 5.56 Å². The number of halogens is 2. The standard InChI is InChI=1S/C13H18Cl2O2S/c1-10(2)18(16,17)8-7-11(9-14)12-5-3-4-6-13(12)15/h3-6,10-11H,7-9H2,1-2H3. The molecule has 0 saturated heterocycles. The Morgan fingerprint density at radius 1 is 1.22 bits per heavy atom. The van der Waals surface area contributed by atoms with E-state index in [-0.39, 0.29) is 16.9 Å². The summed E-state index contributed by atoms with van der Waals surface area (Å²) in [5, 5.41) is 0.296. The molecular weight excluding hydrogens is 291 g/mol. The van der Waals surface area contributed by atoms with Crippen LogP contribution >= 0.6 is 23.2 Å². The molecule has 0 aliphatic carbocycles. The molecule has 1 aromatic rings. The molecule has 1 unspecified atom stereocenters. The van der Waals surface area contributed by atoms with Gasteiger partial charge in [0.15, 0.2) is 9.84 Å². The minimum atomic E-state index is -3.03. The Hall–Kier alpha value is -0.250. The zero-order valence-electron chi connectivity index (χ0n) is 10.6. The maximum atomic E-state index is 11.8. The van der Waals surface area contributed by atoms with Crippen LogP contribution < -0.4 is 0 Å². The molecule has 0 aromatic heterocycles. The molecule has 5 heteroatoms. The molecule has 0 fully saturated rings. The molecule has 1 atom stereocenters. The molecule has 2 nitrogen and oxygen atoms in total. The first-order valence-electron chi connectivity index (χ1n) is 5.90. The summed E-state index contributed by atoms with van der Waals surface area (Å²) in [6.45, 7) is 3.39. The normalized spacial score (nSPS) is 13.8. The average molecular weight is 309 g/mol. The van der Waals surface area contributed by atoms with Crippen LogP contribution in [0.5, 0.6) is 0 Å². The molecule has 1 aromatic carbocycles. The second-order valence-electron chi connectivity index (χ2n) is 4.58. The van der Waals surface area contributed by atoms with Gasteiger partial charge in [-0.3, -0.25) is 0 Å². The van der Waals surface area contributed by atoms with Crippen LogP contribution in [0.1, 0.15) is 31.7 Å². The predicted octanol–water partition coefficient (Wildman–Crippen LogP) is 3.88. The Bertz CT molecular complexity index is 484. The summed E-state index contributed by atoms with van der Waals surface area (Å²) >= 11 is 12.0. The van der Waals surface area contributed by atoms with Crippen LogP contribution in [0.3, 0.4) is 0 Å². The van der Waals surface area contributed by atoms with Crippen LogP contribution in [-0.4, -0.2) is 25.3 Å². The van der Waals surface area contributed by atoms with Crippen molar-refractivity contribution in [2.45, 2.75) is 31.4 Å². The van der Waals surface area contributed by atoms with Crippen LogP contribution in [0.25, 0.3) is 0 Å². The Morgan fingerprint density at radius 2 is 1.83 bits per heavy atom. The molecule has 0 spiro atoms. The summed E-state index contributed by atoms with van der Waals surface area (Å²) in [6.07, 6.45) is 0.508. The van der Waals surface area contributed by atoms with E-state index in [1.165, 1.54) is 0 Å². The maximum Gasteiger partial charge on any atom is 0.152 e. The molecule has 1 rings (SSSR count). The van der Waals surface area contributed by atoms with Crippen molar-refractivity contribution in [3.05, 3.63) is 34.9 Å². The highest BCUT2D eigenvalue weighted by atomic mass is 35.5. The molecule has 0 N–H and O–H groups in total. The molecule has 0 aliphatic heterocycles. The van der Waals surface area contributed by atoms with Gasteiger partial charge in [0.25, 0.3) is 0 Å². The van der Waals surface area contributed by atoms with Gasteiger partial charge in [0.2, 0.25) is 0 Å². The molecular formula is C13H18Cl2O2S. The smallest absolute Gasteiger partial charge is 0.152 e. The Kier molecular flexibility index (Phi) is 5.96. The van der Waals surface area contributed by atoms with Crippen molar-refractivity contribution in [1.82, 2.24) is 0 Å². The van der Waals surface area contributed by atoms with Gasteiger partial charge in [0, 0.05) is 10.9 Å². The Morgan fingerprint density at radius 3 is 2.33 bits per heavy atom. The third kappa shape index (κ3) is 4.15. The second kappa shape index (κ2) is 6.78. The summed E-state index contributed by atoms with van der Waals surface area (Å²) in [7, 11) is -3.03. The molecule has 18 heavy (non-hydrogen) atoms. The van der Waals surface area contributed by atoms with Crippen molar-refractivity contribution in [3.8, 4) is 0 Å². The van der Waals surface area contributed by atoms with E-state index in [1.54, 1.807) is 19.9 Å². The SMILES string of the molecule is CC(C)S(=O)(=O)CCC(CCl)c1ccccc1Cl. The minimum Gasteiger partial charge on any atom is -0.229 e. The quantitative estimate of drug-likeness (QED) is 0.747. The fourth-order valence-corrected chi connectivity index (χ4v) is 3.36. The summed E-state index contributed by atoms with van der Waals surface area (Å²) in [5.74, 6) is 0.499. The van der Waals surface area contributed by atoms with Gasteiger partial charge in [0.1, 0.15) is 0 Å². The van der Waals surface area contributed by atoms with Crippen molar-refractivity contribution in [3.63, 3.8) is 0 Å². The van der Waals surface area contributed by atoms with Crippen molar-refractivity contribution < 1.29 is 8.42 Å². The highest BCUT2D eigenvalue weighted by Crippen LogP contribution is 2.28. The van der Waals surface area contributed by atoms with Gasteiger partial charge in [-0.25, -0.2) is 8.42 Å². The highest BCUT2D eigenvalue weighted by Gasteiger charge is 2.20. The number of hydrogen-bond acceptors (Lipinski definition) is 2. The molecule has 0 saturated carbocycles. The van der Waals surface area contributed by atoms with Gasteiger partial charge >= 0.3 is 0 Å². The van der Waals surface area contributed by atoms with Crippen LogP contribution in [-0.2, 0) is 9.84 Å². The van der Waals surface area contributed by atoms with E-state index < -0.39 is 9.84 Å². The fourth-order valence-electron chi connectivity index (χ4n) is 1.66. The first-order valence-corrected chi connectivity index (χ1v) is 8.53. The molecule has 0 radical (unpaired) electrons. The lowest BCUT2D eigenvalue weighted by Gasteiger charge is -2.16. The second-order valence-corrected chi connectivity index (χ2v) is 7.97. The Balaban J connectivity index is 2.79. The lowest BCUT2D eigenvalue weighted by Crippen LogP contribution is -2.19. The number of sulfone groups is 1. The number of hydrogen-bond donors (Lipinski definition) is 0. The molecule has 0 aliphatic rings. The van der Waals surface area contributed by atoms with Crippen LogP contribution in [0.15, 0.2) is 24.3 Å². The number of benzene rings is 1. The van der Waals surface area contributed by atoms with E-state index in [0.29, 0.717) is 17.3 Å². The fraction of sp³-hybridized carbons (Fsp3) is 0.538. The highest BCUT2D eigenvalue weighted by molar-refractivity contribution is 7.91. The van der Waals surface area contributed by atoms with Gasteiger partial charge in [-0.1, -0.05) is 29.8 Å².